The van der Waals surface area contributed by atoms with Crippen LogP contribution in [0.2, 0.25) is 0 Å². The number of hydrogen-bond acceptors (Lipinski definition) is 5. The van der Waals surface area contributed by atoms with E-state index in [0.717, 1.165) is 13.8 Å². The average molecular weight is 280 g/mol. The molecule has 3 N–H and O–H groups in total. The monoisotopic (exact) mass is 279 g/mol. The van der Waals surface area contributed by atoms with E-state index in [9.17, 15) is 0 Å². The minimum absolute atomic E-state index is 0. The van der Waals surface area contributed by atoms with Gasteiger partial charge in [-0.1, -0.05) is 0 Å². The van der Waals surface area contributed by atoms with E-state index in [1.807, 2.05) is 0 Å². The van der Waals surface area contributed by atoms with Gasteiger partial charge in [-0.3, -0.25) is 0 Å². The molecule has 0 aliphatic heterocycles. The van der Waals surface area contributed by atoms with E-state index in [1.54, 1.807) is 0 Å². The van der Waals surface area contributed by atoms with Crippen molar-refractivity contribution in [3.63, 3.8) is 0 Å². The van der Waals surface area contributed by atoms with E-state index in [-0.39, 0.29) is 17.1 Å². The summed E-state index contributed by atoms with van der Waals surface area (Å²) in [4.78, 5) is 39.3. The Bertz CT molecular complexity index is 169. The summed E-state index contributed by atoms with van der Waals surface area (Å²) in [6.07, 6.45) is 0. The fraction of sp³-hybridized carbons (Fsp3) is 0.500. The maximum absolute atomic E-state index is 8.89. The Kier molecular flexibility index (Phi) is 21.0. The first kappa shape index (κ1) is 23.4. The molecule has 0 spiro atoms. The molecule has 10 heteroatoms. The summed E-state index contributed by atoms with van der Waals surface area (Å²) in [6.45, 7) is 1.94. The number of carbonyl (C=O) groups excluding carboxylic acids is 2. The molecule has 0 aliphatic carbocycles. The molecule has 0 aromatic heterocycles. The smallest absolute Gasteiger partial charge is 0.550 e. The van der Waals surface area contributed by atoms with E-state index in [1.165, 1.54) is 0 Å². The largest absolute Gasteiger partial charge is 2.00 e. The molecule has 89 valence electrons. The molecule has 0 aliphatic rings. The van der Waals surface area contributed by atoms with Crippen LogP contribution in [0.3, 0.4) is 0 Å². The number of rotatable bonds is 0. The second-order valence-corrected chi connectivity index (χ2v) is 2.52. The summed E-state index contributed by atoms with van der Waals surface area (Å²) in [5.74, 6) is -2.17. The van der Waals surface area contributed by atoms with Crippen molar-refractivity contribution < 1.29 is 56.1 Å². The zero-order chi connectivity index (χ0) is 11.7. The van der Waals surface area contributed by atoms with Gasteiger partial charge in [0.1, 0.15) is 0 Å². The van der Waals surface area contributed by atoms with Crippen LogP contribution in [0.4, 0.5) is 0 Å². The van der Waals surface area contributed by atoms with Gasteiger partial charge < -0.3 is 34.5 Å². The summed E-state index contributed by atoms with van der Waals surface area (Å²) in [5, 5.41) is 17.8. The van der Waals surface area contributed by atoms with E-state index >= 15 is 0 Å². The molecule has 0 bridgehead atoms. The summed E-state index contributed by atoms with van der Waals surface area (Å²) in [6, 6.07) is 0. The molecule has 0 aromatic carbocycles. The molecule has 0 aromatic rings. The van der Waals surface area contributed by atoms with Crippen LogP contribution in [0, 0.1) is 0 Å². The maximum atomic E-state index is 8.89. The third-order valence-corrected chi connectivity index (χ3v) is 0. The van der Waals surface area contributed by atoms with Gasteiger partial charge in [0.15, 0.2) is 0 Å². The van der Waals surface area contributed by atoms with Crippen LogP contribution in [0.1, 0.15) is 13.8 Å². The minimum Gasteiger partial charge on any atom is -0.550 e. The normalized spacial score (nSPS) is 7.79. The fourth-order valence-corrected chi connectivity index (χ4v) is 0. The van der Waals surface area contributed by atoms with Gasteiger partial charge in [0.2, 0.25) is 0 Å². The summed E-state index contributed by atoms with van der Waals surface area (Å²) in [7, 11) is -4.64. The molecular weight excluding hydrogens is 271 g/mol. The summed E-state index contributed by atoms with van der Waals surface area (Å²) >= 11 is 0. The van der Waals surface area contributed by atoms with Crippen LogP contribution >= 0.6 is 7.82 Å². The van der Waals surface area contributed by atoms with Crippen molar-refractivity contribution in [1.29, 1.82) is 0 Å². The first-order chi connectivity index (χ1) is 5.46. The Balaban J connectivity index is -0.0000000522. The van der Waals surface area contributed by atoms with E-state index in [2.05, 4.69) is 0 Å². The second kappa shape index (κ2) is 12.6. The average Bonchev–Trinajstić information content (AvgIpc) is 1.50. The van der Waals surface area contributed by atoms with Crippen LogP contribution in [0.25, 0.3) is 0 Å². The van der Waals surface area contributed by atoms with Crippen molar-refractivity contribution >= 4 is 19.8 Å². The number of aliphatic carboxylic acids is 2. The van der Waals surface area contributed by atoms with Crippen LogP contribution in [0.15, 0.2) is 0 Å². The van der Waals surface area contributed by atoms with E-state index in [4.69, 9.17) is 39.0 Å². The van der Waals surface area contributed by atoms with Crippen molar-refractivity contribution in [1.82, 2.24) is 0 Å². The zero-order valence-electron chi connectivity index (χ0n) is 7.13. The van der Waals surface area contributed by atoms with Gasteiger partial charge in [0, 0.05) is 11.9 Å². The first-order valence-corrected chi connectivity index (χ1v) is 4.16. The molecule has 0 unspecified atom stereocenters. The molecule has 0 fully saturated rings. The van der Waals surface area contributed by atoms with Gasteiger partial charge in [0.05, 0.1) is 0 Å². The third-order valence-electron chi connectivity index (χ3n) is 0. The fourth-order valence-electron chi connectivity index (χ4n) is 0. The Hall–Kier alpha value is -0.431. The predicted octanol–water partition coefficient (Wildman–Crippen LogP) is -3.42. The van der Waals surface area contributed by atoms with Crippen LogP contribution < -0.4 is 10.2 Å². The van der Waals surface area contributed by atoms with Gasteiger partial charge >= 0.3 is 24.9 Å². The SMILES string of the molecule is CC(=O)[O-].CC(=O)[O-].O=P(O)(O)O.[Cu+2]. The third kappa shape index (κ3) is 6970. The van der Waals surface area contributed by atoms with Gasteiger partial charge in [-0.15, -0.1) is 0 Å². The van der Waals surface area contributed by atoms with Gasteiger partial charge in [0.25, 0.3) is 0 Å². The number of carboxylic acids is 2. The molecule has 1 radical (unpaired) electrons. The molecule has 0 rings (SSSR count). The topological polar surface area (TPSA) is 158 Å². The molecule has 0 heterocycles. The van der Waals surface area contributed by atoms with Gasteiger partial charge in [-0.05, 0) is 13.8 Å². The predicted molar refractivity (Wildman–Crippen MR) is 35.6 cm³/mol. The minimum atomic E-state index is -4.64. The van der Waals surface area contributed by atoms with Crippen LogP contribution in [-0.2, 0) is 31.2 Å². The van der Waals surface area contributed by atoms with Crippen LogP contribution in [0.5, 0.6) is 0 Å². The van der Waals surface area contributed by atoms with Crippen molar-refractivity contribution in [3.05, 3.63) is 0 Å². The van der Waals surface area contributed by atoms with Crippen molar-refractivity contribution in [2.24, 2.45) is 0 Å². The summed E-state index contributed by atoms with van der Waals surface area (Å²) in [5.41, 5.74) is 0. The molecule has 0 saturated carbocycles. The molecular formula is C4H9CuO8P. The Labute approximate surface area is 90.3 Å². The van der Waals surface area contributed by atoms with Crippen LogP contribution in [-0.4, -0.2) is 26.6 Å². The van der Waals surface area contributed by atoms with Crippen molar-refractivity contribution in [2.75, 3.05) is 0 Å². The molecule has 0 amide bonds. The Morgan fingerprint density at radius 1 is 1.00 bits per heavy atom. The van der Waals surface area contributed by atoms with Crippen molar-refractivity contribution in [2.45, 2.75) is 13.8 Å². The zero-order valence-corrected chi connectivity index (χ0v) is 8.97. The Morgan fingerprint density at radius 3 is 1.00 bits per heavy atom. The quantitative estimate of drug-likeness (QED) is 0.305. The van der Waals surface area contributed by atoms with E-state index in [0.29, 0.717) is 0 Å². The number of hydrogen-bond donors (Lipinski definition) is 3. The first-order valence-electron chi connectivity index (χ1n) is 2.60. The molecule has 0 atom stereocenters. The van der Waals surface area contributed by atoms with Gasteiger partial charge in [-0.25, -0.2) is 4.57 Å². The molecule has 8 nitrogen and oxygen atoms in total. The molecule has 0 saturated heterocycles. The number of carboxylic acid groups (broad SMARTS) is 2. The van der Waals surface area contributed by atoms with E-state index < -0.39 is 19.8 Å². The standard InChI is InChI=1S/2C2H4O2.Cu.H3O4P/c2*1-2(3)4;;1-5(2,3)4/h2*1H3,(H,3,4);;(H3,1,2,3,4)/q;;+2;/p-2. The summed E-state index contributed by atoms with van der Waals surface area (Å²) < 4.78 is 8.88. The Morgan fingerprint density at radius 2 is 1.00 bits per heavy atom. The second-order valence-electron chi connectivity index (χ2n) is 1.50. The van der Waals surface area contributed by atoms with Crippen molar-refractivity contribution in [3.8, 4) is 0 Å². The number of carbonyl (C=O) groups is 2. The number of phosphoric acid groups is 1. The van der Waals surface area contributed by atoms with Gasteiger partial charge in [-0.2, -0.15) is 0 Å². The molecule has 14 heavy (non-hydrogen) atoms. The maximum Gasteiger partial charge on any atom is 2.00 e.